The second-order valence-electron chi connectivity index (χ2n) is 8.64. The van der Waals surface area contributed by atoms with Gasteiger partial charge < -0.3 is 4.90 Å². The van der Waals surface area contributed by atoms with Gasteiger partial charge in [-0.1, -0.05) is 42.5 Å². The van der Waals surface area contributed by atoms with Crippen molar-refractivity contribution in [1.82, 2.24) is 4.57 Å². The molecule has 180 valence electrons. The van der Waals surface area contributed by atoms with Gasteiger partial charge in [-0.25, -0.2) is 0 Å². The molecule has 1 aliphatic rings. The van der Waals surface area contributed by atoms with E-state index in [1.807, 2.05) is 6.08 Å². The first-order valence-electron chi connectivity index (χ1n) is 12.3. The minimum absolute atomic E-state index is 0.00937. The maximum Gasteiger partial charge on any atom is 0.269 e. The molecular weight excluding hydrogens is 462 g/mol. The van der Waals surface area contributed by atoms with Crippen molar-refractivity contribution >= 4 is 45.7 Å². The number of fused-ring (bicyclic) bond motifs is 2. The summed E-state index contributed by atoms with van der Waals surface area (Å²) in [5.74, 6) is 0. The molecule has 2 aromatic carbocycles. The molecule has 4 aromatic rings. The number of hydrogen-bond acceptors (Lipinski definition) is 3. The molecule has 1 aliphatic heterocycles. The topological polar surface area (TPSA) is 29.1 Å². The number of aromatic nitrogens is 2. The zero-order valence-electron chi connectivity index (χ0n) is 20.7. The van der Waals surface area contributed by atoms with Crippen LogP contribution in [0.5, 0.6) is 0 Å². The SMILES string of the molecule is C=CCn1c(=O)c(=C/C=C2\C=CN(CC)c3ccccc32)s/c1=C/c1cc[n+](CC)c2ccccc12. The molecule has 0 bridgehead atoms. The number of allylic oxidation sites excluding steroid dienone is 4. The van der Waals surface area contributed by atoms with Crippen LogP contribution in [-0.4, -0.2) is 11.1 Å². The minimum atomic E-state index is 0.00937. The van der Waals surface area contributed by atoms with Crippen molar-refractivity contribution < 1.29 is 4.57 Å². The molecule has 0 amide bonds. The molecule has 36 heavy (non-hydrogen) atoms. The number of aryl methyl sites for hydroxylation is 1. The summed E-state index contributed by atoms with van der Waals surface area (Å²) in [4.78, 5) is 15.6. The maximum atomic E-state index is 13.4. The average Bonchev–Trinajstić information content (AvgIpc) is 3.21. The summed E-state index contributed by atoms with van der Waals surface area (Å²) in [5, 5.41) is 1.17. The zero-order valence-corrected chi connectivity index (χ0v) is 21.5. The number of hydrogen-bond donors (Lipinski definition) is 0. The van der Waals surface area contributed by atoms with Gasteiger partial charge in [0, 0.05) is 42.7 Å². The largest absolute Gasteiger partial charge is 0.348 e. The Bertz CT molecular complexity index is 1690. The lowest BCUT2D eigenvalue weighted by atomic mass is 9.99. The molecule has 0 saturated carbocycles. The summed E-state index contributed by atoms with van der Waals surface area (Å²) < 4.78 is 5.67. The zero-order chi connectivity index (χ0) is 25.1. The number of pyridine rings is 1. The van der Waals surface area contributed by atoms with E-state index in [2.05, 4.69) is 115 Å². The van der Waals surface area contributed by atoms with Gasteiger partial charge in [-0.05, 0) is 55.3 Å². The second-order valence-corrected chi connectivity index (χ2v) is 9.70. The van der Waals surface area contributed by atoms with Gasteiger partial charge in [0.1, 0.15) is 6.54 Å². The van der Waals surface area contributed by atoms with Crippen molar-refractivity contribution in [3.05, 3.63) is 122 Å². The number of anilines is 1. The van der Waals surface area contributed by atoms with Crippen LogP contribution in [0, 0.1) is 0 Å². The molecule has 3 heterocycles. The Morgan fingerprint density at radius 1 is 1.03 bits per heavy atom. The average molecular weight is 493 g/mol. The van der Waals surface area contributed by atoms with Gasteiger partial charge in [0.2, 0.25) is 5.52 Å². The van der Waals surface area contributed by atoms with Crippen molar-refractivity contribution in [2.24, 2.45) is 0 Å². The van der Waals surface area contributed by atoms with Gasteiger partial charge in [0.25, 0.3) is 5.56 Å². The molecule has 4 nitrogen and oxygen atoms in total. The van der Waals surface area contributed by atoms with E-state index in [-0.39, 0.29) is 5.56 Å². The molecule has 0 radical (unpaired) electrons. The first kappa shape index (κ1) is 23.8. The molecule has 5 heteroatoms. The third kappa shape index (κ3) is 4.38. The van der Waals surface area contributed by atoms with E-state index in [0.717, 1.165) is 28.9 Å². The summed E-state index contributed by atoms with van der Waals surface area (Å²) in [5.41, 5.74) is 5.75. The van der Waals surface area contributed by atoms with Gasteiger partial charge in [0.05, 0.1) is 14.6 Å². The minimum Gasteiger partial charge on any atom is -0.348 e. The Morgan fingerprint density at radius 3 is 2.64 bits per heavy atom. The van der Waals surface area contributed by atoms with E-state index in [9.17, 15) is 4.79 Å². The second kappa shape index (κ2) is 10.3. The number of para-hydroxylation sites is 2. The summed E-state index contributed by atoms with van der Waals surface area (Å²) in [6.45, 7) is 10.5. The van der Waals surface area contributed by atoms with Crippen molar-refractivity contribution in [3.8, 4) is 0 Å². The molecule has 0 atom stereocenters. The molecule has 0 aliphatic carbocycles. The molecule has 5 rings (SSSR count). The van der Waals surface area contributed by atoms with Gasteiger partial charge in [-0.3, -0.25) is 9.36 Å². The van der Waals surface area contributed by atoms with Gasteiger partial charge in [-0.2, -0.15) is 4.57 Å². The monoisotopic (exact) mass is 492 g/mol. The Balaban J connectivity index is 1.65. The van der Waals surface area contributed by atoms with E-state index in [4.69, 9.17) is 0 Å². The fraction of sp³-hybridized carbons (Fsp3) is 0.161. The number of thiazole rings is 1. The Morgan fingerprint density at radius 2 is 1.83 bits per heavy atom. The standard InChI is InChI=1S/C31H30N3OS/c1-4-19-34-30(22-24-18-21-33(6-3)28-14-10-8-12-26(24)28)36-29(31(34)35)16-15-23-17-20-32(5-2)27-13-9-7-11-25(23)27/h4,7-18,20-22H,1,5-6,19H2,2-3H3/q+1/b23-15+,29-16?. The van der Waals surface area contributed by atoms with Crippen LogP contribution in [0.25, 0.3) is 28.6 Å². The van der Waals surface area contributed by atoms with E-state index in [1.165, 1.54) is 33.5 Å². The lowest BCUT2D eigenvalue weighted by Gasteiger charge is -2.26. The quantitative estimate of drug-likeness (QED) is 0.291. The smallest absolute Gasteiger partial charge is 0.269 e. The summed E-state index contributed by atoms with van der Waals surface area (Å²) >= 11 is 1.52. The van der Waals surface area contributed by atoms with Gasteiger partial charge >= 0.3 is 0 Å². The summed E-state index contributed by atoms with van der Waals surface area (Å²) in [6, 6.07) is 18.9. The van der Waals surface area contributed by atoms with Crippen LogP contribution in [0.4, 0.5) is 5.69 Å². The number of rotatable bonds is 6. The third-order valence-electron chi connectivity index (χ3n) is 6.54. The lowest BCUT2D eigenvalue weighted by molar-refractivity contribution is -0.667. The summed E-state index contributed by atoms with van der Waals surface area (Å²) in [6.07, 6.45) is 14.2. The van der Waals surface area contributed by atoms with Crippen molar-refractivity contribution in [2.45, 2.75) is 26.9 Å². The predicted octanol–water partition coefficient (Wildman–Crippen LogP) is 4.60. The molecule has 0 N–H and O–H groups in total. The highest BCUT2D eigenvalue weighted by Gasteiger charge is 2.14. The van der Waals surface area contributed by atoms with Crippen LogP contribution in [0.2, 0.25) is 0 Å². The van der Waals surface area contributed by atoms with Crippen LogP contribution in [0.15, 0.2) is 96.6 Å². The van der Waals surface area contributed by atoms with Crippen LogP contribution in [0.3, 0.4) is 0 Å². The third-order valence-corrected chi connectivity index (χ3v) is 7.62. The van der Waals surface area contributed by atoms with Gasteiger partial charge in [0.15, 0.2) is 6.20 Å². The van der Waals surface area contributed by atoms with Crippen LogP contribution < -0.4 is 24.2 Å². The molecular formula is C31H30N3OS+. The van der Waals surface area contributed by atoms with Crippen LogP contribution in [-0.2, 0) is 13.1 Å². The van der Waals surface area contributed by atoms with E-state index in [0.29, 0.717) is 11.1 Å². The van der Waals surface area contributed by atoms with Crippen molar-refractivity contribution in [2.75, 3.05) is 11.4 Å². The lowest BCUT2D eigenvalue weighted by Crippen LogP contribution is -2.33. The highest BCUT2D eigenvalue weighted by molar-refractivity contribution is 7.07. The van der Waals surface area contributed by atoms with Crippen LogP contribution >= 0.6 is 11.3 Å². The van der Waals surface area contributed by atoms with Crippen LogP contribution in [0.1, 0.15) is 25.0 Å². The molecule has 0 saturated heterocycles. The van der Waals surface area contributed by atoms with Crippen molar-refractivity contribution in [1.29, 1.82) is 0 Å². The number of nitrogens with zero attached hydrogens (tertiary/aromatic N) is 3. The first-order valence-corrected chi connectivity index (χ1v) is 13.2. The predicted molar refractivity (Wildman–Crippen MR) is 152 cm³/mol. The fourth-order valence-electron chi connectivity index (χ4n) is 4.70. The maximum absolute atomic E-state index is 13.4. The van der Waals surface area contributed by atoms with E-state index < -0.39 is 0 Å². The molecule has 2 aromatic heterocycles. The molecule has 0 fully saturated rings. The molecule has 0 unspecified atom stereocenters. The molecule has 0 spiro atoms. The fourth-order valence-corrected chi connectivity index (χ4v) is 5.71. The normalized spacial score (nSPS) is 15.2. The Kier molecular flexibility index (Phi) is 6.83. The Labute approximate surface area is 215 Å². The first-order chi connectivity index (χ1) is 17.6. The Hall–Kier alpha value is -3.96. The van der Waals surface area contributed by atoms with E-state index >= 15 is 0 Å². The van der Waals surface area contributed by atoms with Crippen molar-refractivity contribution in [3.63, 3.8) is 0 Å². The van der Waals surface area contributed by atoms with E-state index in [1.54, 1.807) is 10.6 Å². The van der Waals surface area contributed by atoms with Gasteiger partial charge in [-0.15, -0.1) is 17.9 Å². The summed E-state index contributed by atoms with van der Waals surface area (Å²) in [7, 11) is 0. The highest BCUT2D eigenvalue weighted by atomic mass is 32.1. The number of benzene rings is 2. The highest BCUT2D eigenvalue weighted by Crippen LogP contribution is 2.32.